The van der Waals surface area contributed by atoms with E-state index in [0.29, 0.717) is 12.0 Å². The molecule has 3 aliphatic heterocycles. The van der Waals surface area contributed by atoms with Gasteiger partial charge in [0.1, 0.15) is 0 Å². The van der Waals surface area contributed by atoms with Crippen molar-refractivity contribution in [1.82, 2.24) is 14.8 Å². The first kappa shape index (κ1) is 21.9. The Kier molecular flexibility index (Phi) is 6.08. The molecular formula is C26H32N4O3. The second-order valence-corrected chi connectivity index (χ2v) is 9.29. The second-order valence-electron chi connectivity index (χ2n) is 9.29. The van der Waals surface area contributed by atoms with Gasteiger partial charge < -0.3 is 25.2 Å². The predicted molar refractivity (Wildman–Crippen MR) is 129 cm³/mol. The minimum Gasteiger partial charge on any atom is -0.396 e. The van der Waals surface area contributed by atoms with Gasteiger partial charge in [-0.2, -0.15) is 0 Å². The molecule has 0 unspecified atom stereocenters. The molecule has 2 amide bonds. The van der Waals surface area contributed by atoms with E-state index in [-0.39, 0.29) is 18.4 Å². The second kappa shape index (κ2) is 9.15. The number of benzene rings is 1. The van der Waals surface area contributed by atoms with Gasteiger partial charge in [0, 0.05) is 55.3 Å². The fraction of sp³-hybridized carbons (Fsp3) is 0.462. The largest absolute Gasteiger partial charge is 0.396 e. The molecule has 0 atom stereocenters. The smallest absolute Gasteiger partial charge is 0.256 e. The lowest BCUT2D eigenvalue weighted by atomic mass is 9.96. The number of anilines is 1. The molecule has 33 heavy (non-hydrogen) atoms. The summed E-state index contributed by atoms with van der Waals surface area (Å²) < 4.78 is 0. The number of aliphatic hydroxyl groups excluding tert-OH is 1. The van der Waals surface area contributed by atoms with Crippen LogP contribution in [0.1, 0.15) is 57.7 Å². The lowest BCUT2D eigenvalue weighted by Gasteiger charge is -2.32. The van der Waals surface area contributed by atoms with E-state index in [1.54, 1.807) is 0 Å². The average molecular weight is 449 g/mol. The van der Waals surface area contributed by atoms with Gasteiger partial charge >= 0.3 is 0 Å². The van der Waals surface area contributed by atoms with E-state index in [1.807, 2.05) is 36.1 Å². The molecule has 0 radical (unpaired) electrons. The van der Waals surface area contributed by atoms with E-state index in [0.717, 1.165) is 78.5 Å². The van der Waals surface area contributed by atoms with Gasteiger partial charge in [0.15, 0.2) is 0 Å². The van der Waals surface area contributed by atoms with Crippen LogP contribution in [-0.2, 0) is 17.6 Å². The van der Waals surface area contributed by atoms with Crippen molar-refractivity contribution < 1.29 is 14.7 Å². The van der Waals surface area contributed by atoms with Crippen molar-refractivity contribution in [3.63, 3.8) is 0 Å². The first-order chi connectivity index (χ1) is 16.1. The van der Waals surface area contributed by atoms with E-state index < -0.39 is 0 Å². The number of amides is 2. The minimum absolute atomic E-state index is 0.0233. The number of hydrogen-bond donors (Lipinski definition) is 3. The van der Waals surface area contributed by atoms with Crippen LogP contribution in [0.15, 0.2) is 18.2 Å². The molecule has 0 bridgehead atoms. The summed E-state index contributed by atoms with van der Waals surface area (Å²) in [7, 11) is 0. The third-order valence-corrected chi connectivity index (χ3v) is 7.22. The van der Waals surface area contributed by atoms with Gasteiger partial charge in [-0.25, -0.2) is 0 Å². The molecule has 0 aliphatic carbocycles. The molecule has 174 valence electrons. The van der Waals surface area contributed by atoms with E-state index in [2.05, 4.69) is 15.2 Å². The van der Waals surface area contributed by atoms with Gasteiger partial charge in [0.05, 0.1) is 11.1 Å². The summed E-state index contributed by atoms with van der Waals surface area (Å²) in [4.78, 5) is 34.0. The molecule has 1 saturated heterocycles. The molecule has 2 aromatic rings. The SMILES string of the molecule is Cc1c(C=C2C(=O)Nc3cccc(CCO)c32)[nH]c2c1C(=O)N(CCN1CCCCC1)CC2. The normalized spacial score (nSPS) is 19.7. The summed E-state index contributed by atoms with van der Waals surface area (Å²) in [6, 6.07) is 5.72. The summed E-state index contributed by atoms with van der Waals surface area (Å²) in [5.74, 6) is -0.0688. The van der Waals surface area contributed by atoms with Crippen LogP contribution < -0.4 is 5.32 Å². The van der Waals surface area contributed by atoms with Crippen LogP contribution in [0.25, 0.3) is 11.6 Å². The van der Waals surface area contributed by atoms with Crippen LogP contribution in [0.4, 0.5) is 5.69 Å². The van der Waals surface area contributed by atoms with Gasteiger partial charge in [0.25, 0.3) is 11.8 Å². The zero-order chi connectivity index (χ0) is 22.9. The molecule has 0 spiro atoms. The van der Waals surface area contributed by atoms with Gasteiger partial charge in [-0.05, 0) is 62.5 Å². The number of nitrogens with one attached hydrogen (secondary N) is 2. The quantitative estimate of drug-likeness (QED) is 0.593. The Bertz CT molecular complexity index is 1110. The highest BCUT2D eigenvalue weighted by atomic mass is 16.3. The van der Waals surface area contributed by atoms with Crippen LogP contribution in [0, 0.1) is 6.92 Å². The third kappa shape index (κ3) is 4.11. The molecule has 4 heterocycles. The molecule has 3 N–H and O–H groups in total. The topological polar surface area (TPSA) is 88.7 Å². The standard InChI is InChI=1S/C26H32N4O3/c1-17-22(16-19-24-18(9-15-31)6-5-7-20(24)28-25(19)32)27-21-8-12-30(26(33)23(17)21)14-13-29-10-3-2-4-11-29/h5-7,16,27,31H,2-4,8-15H2,1H3,(H,28,32). The van der Waals surface area contributed by atoms with Crippen molar-refractivity contribution >= 4 is 29.2 Å². The Balaban J connectivity index is 1.40. The number of aromatic nitrogens is 1. The Labute approximate surface area is 194 Å². The van der Waals surface area contributed by atoms with Crippen molar-refractivity contribution in [1.29, 1.82) is 0 Å². The highest BCUT2D eigenvalue weighted by molar-refractivity contribution is 6.35. The van der Waals surface area contributed by atoms with Crippen molar-refractivity contribution in [2.24, 2.45) is 0 Å². The number of hydrogen-bond acceptors (Lipinski definition) is 4. The summed E-state index contributed by atoms with van der Waals surface area (Å²) in [6.07, 6.45) is 6.96. The third-order valence-electron chi connectivity index (χ3n) is 7.22. The van der Waals surface area contributed by atoms with Crippen molar-refractivity contribution in [3.8, 4) is 0 Å². The highest BCUT2D eigenvalue weighted by Gasteiger charge is 2.31. The van der Waals surface area contributed by atoms with Crippen molar-refractivity contribution in [3.05, 3.63) is 51.8 Å². The number of aliphatic hydroxyl groups is 1. The van der Waals surface area contributed by atoms with E-state index in [4.69, 9.17) is 0 Å². The van der Waals surface area contributed by atoms with E-state index in [9.17, 15) is 14.7 Å². The number of nitrogens with zero attached hydrogens (tertiary/aromatic N) is 2. The minimum atomic E-state index is -0.156. The van der Waals surface area contributed by atoms with Gasteiger partial charge in [0.2, 0.25) is 0 Å². The molecule has 3 aliphatic rings. The Morgan fingerprint density at radius 2 is 1.88 bits per heavy atom. The van der Waals surface area contributed by atoms with Crippen LogP contribution in [-0.4, -0.2) is 71.0 Å². The first-order valence-corrected chi connectivity index (χ1v) is 12.1. The zero-order valence-electron chi connectivity index (χ0n) is 19.2. The number of carbonyl (C=O) groups is 2. The predicted octanol–water partition coefficient (Wildman–Crippen LogP) is 2.83. The van der Waals surface area contributed by atoms with Crippen LogP contribution >= 0.6 is 0 Å². The maximum Gasteiger partial charge on any atom is 0.256 e. The summed E-state index contributed by atoms with van der Waals surface area (Å²) in [5.41, 5.74) is 6.55. The van der Waals surface area contributed by atoms with E-state index >= 15 is 0 Å². The average Bonchev–Trinajstić information content (AvgIpc) is 3.31. The lowest BCUT2D eigenvalue weighted by Crippen LogP contribution is -2.43. The van der Waals surface area contributed by atoms with Gasteiger partial charge in [-0.15, -0.1) is 0 Å². The van der Waals surface area contributed by atoms with Crippen LogP contribution in [0.5, 0.6) is 0 Å². The number of fused-ring (bicyclic) bond motifs is 2. The summed E-state index contributed by atoms with van der Waals surface area (Å²) >= 11 is 0. The van der Waals surface area contributed by atoms with Gasteiger partial charge in [-0.1, -0.05) is 18.6 Å². The molecule has 5 rings (SSSR count). The monoisotopic (exact) mass is 448 g/mol. The van der Waals surface area contributed by atoms with Crippen molar-refractivity contribution in [2.45, 2.75) is 39.0 Å². The molecule has 0 saturated carbocycles. The molecular weight excluding hydrogens is 416 g/mol. The van der Waals surface area contributed by atoms with Gasteiger partial charge in [-0.3, -0.25) is 9.59 Å². The van der Waals surface area contributed by atoms with Crippen molar-refractivity contribution in [2.75, 3.05) is 44.6 Å². The summed E-state index contributed by atoms with van der Waals surface area (Å²) in [6.45, 7) is 6.67. The van der Waals surface area contributed by atoms with Crippen LogP contribution in [0.2, 0.25) is 0 Å². The number of H-pyrrole nitrogens is 1. The number of rotatable bonds is 6. The fourth-order valence-corrected chi connectivity index (χ4v) is 5.40. The zero-order valence-corrected chi connectivity index (χ0v) is 19.2. The number of likely N-dealkylation sites (tertiary alicyclic amines) is 1. The number of carbonyl (C=O) groups excluding carboxylic acids is 2. The Hall–Kier alpha value is -2.90. The molecule has 7 heteroatoms. The lowest BCUT2D eigenvalue weighted by molar-refractivity contribution is -0.110. The Morgan fingerprint density at radius 3 is 2.67 bits per heavy atom. The molecule has 1 aromatic heterocycles. The first-order valence-electron chi connectivity index (χ1n) is 12.1. The fourth-order valence-electron chi connectivity index (χ4n) is 5.40. The van der Waals surface area contributed by atoms with Crippen LogP contribution in [0.3, 0.4) is 0 Å². The molecule has 1 fully saturated rings. The number of aromatic amines is 1. The molecule has 1 aromatic carbocycles. The Morgan fingerprint density at radius 1 is 1.06 bits per heavy atom. The highest BCUT2D eigenvalue weighted by Crippen LogP contribution is 2.37. The molecule has 7 nitrogen and oxygen atoms in total. The number of piperidine rings is 1. The van der Waals surface area contributed by atoms with E-state index in [1.165, 1.54) is 19.3 Å². The summed E-state index contributed by atoms with van der Waals surface area (Å²) in [5, 5.41) is 12.4. The maximum atomic E-state index is 13.3. The maximum absolute atomic E-state index is 13.3.